The SMILES string of the molecule is C=C/C=C(\CC)COC(=O)NCC(c1c[nH]c2cc(F)ccc12)C1CCCN1C(=O)OC(C)(C)C.CC.CC. The molecule has 1 aliphatic heterocycles. The van der Waals surface area contributed by atoms with Crippen LogP contribution in [0.4, 0.5) is 14.0 Å². The van der Waals surface area contributed by atoms with E-state index in [0.29, 0.717) is 12.1 Å². The van der Waals surface area contributed by atoms with Gasteiger partial charge in [0.05, 0.1) is 0 Å². The van der Waals surface area contributed by atoms with Gasteiger partial charge in [-0.05, 0) is 69.4 Å². The molecule has 1 saturated heterocycles. The van der Waals surface area contributed by atoms with Crippen LogP contribution >= 0.6 is 0 Å². The summed E-state index contributed by atoms with van der Waals surface area (Å²) in [5, 5.41) is 3.72. The molecule has 0 bridgehead atoms. The van der Waals surface area contributed by atoms with Crippen molar-refractivity contribution >= 4 is 23.1 Å². The molecule has 2 amide bonds. The molecule has 2 unspecified atom stereocenters. The second-order valence-corrected chi connectivity index (χ2v) is 9.79. The lowest BCUT2D eigenvalue weighted by Gasteiger charge is -2.33. The predicted molar refractivity (Wildman–Crippen MR) is 158 cm³/mol. The molecule has 2 atom stereocenters. The summed E-state index contributed by atoms with van der Waals surface area (Å²) in [4.78, 5) is 30.4. The van der Waals surface area contributed by atoms with E-state index in [9.17, 15) is 14.0 Å². The number of alkyl carbamates (subject to hydrolysis) is 1. The summed E-state index contributed by atoms with van der Waals surface area (Å²) in [6.07, 6.45) is 6.76. The van der Waals surface area contributed by atoms with Crippen LogP contribution in [0.3, 0.4) is 0 Å². The lowest BCUT2D eigenvalue weighted by Crippen LogP contribution is -2.45. The number of amides is 2. The standard InChI is InChI=1S/C27H36FN3O4.2C2H6/c1-6-9-18(7-2)17-34-25(32)30-16-22(21-15-29-23-14-19(28)11-12-20(21)23)24-10-8-13-31(24)26(33)35-27(3,4)5;2*1-2/h6,9,11-12,14-15,22,24,29H,1,7-8,10,13,16-17H2,2-5H3,(H,30,32);2*1-2H3/b18-9+;;. The Bertz CT molecular complexity index is 1090. The Hall–Kier alpha value is -3.29. The van der Waals surface area contributed by atoms with E-state index >= 15 is 0 Å². The largest absolute Gasteiger partial charge is 0.445 e. The zero-order valence-corrected chi connectivity index (χ0v) is 25.0. The maximum atomic E-state index is 13.8. The molecular weight excluding hydrogens is 497 g/mol. The minimum absolute atomic E-state index is 0.179. The Labute approximate surface area is 233 Å². The van der Waals surface area contributed by atoms with Gasteiger partial charge in [-0.2, -0.15) is 0 Å². The van der Waals surface area contributed by atoms with Crippen molar-refractivity contribution in [2.24, 2.45) is 0 Å². The predicted octanol–water partition coefficient (Wildman–Crippen LogP) is 8.09. The fraction of sp³-hybridized carbons (Fsp3) is 0.548. The van der Waals surface area contributed by atoms with Crippen molar-refractivity contribution < 1.29 is 23.5 Å². The molecule has 3 rings (SSSR count). The molecule has 1 aliphatic rings. The molecule has 2 heterocycles. The summed E-state index contributed by atoms with van der Waals surface area (Å²) < 4.78 is 24.8. The van der Waals surface area contributed by atoms with Crippen molar-refractivity contribution in [3.8, 4) is 0 Å². The molecule has 0 aliphatic carbocycles. The maximum Gasteiger partial charge on any atom is 0.410 e. The first-order valence-electron chi connectivity index (χ1n) is 14.1. The van der Waals surface area contributed by atoms with E-state index in [1.54, 1.807) is 17.0 Å². The van der Waals surface area contributed by atoms with Crippen molar-refractivity contribution in [2.75, 3.05) is 19.7 Å². The Morgan fingerprint density at radius 1 is 1.26 bits per heavy atom. The Morgan fingerprint density at radius 2 is 1.95 bits per heavy atom. The van der Waals surface area contributed by atoms with Crippen molar-refractivity contribution in [3.63, 3.8) is 0 Å². The first kappa shape index (κ1) is 33.7. The zero-order valence-electron chi connectivity index (χ0n) is 25.0. The van der Waals surface area contributed by atoms with Gasteiger partial charge in [0, 0.05) is 42.1 Å². The maximum absolute atomic E-state index is 13.8. The molecule has 0 spiro atoms. The van der Waals surface area contributed by atoms with Gasteiger partial charge in [-0.3, -0.25) is 0 Å². The van der Waals surface area contributed by atoms with Gasteiger partial charge in [0.1, 0.15) is 18.0 Å². The van der Waals surface area contributed by atoms with E-state index in [1.165, 1.54) is 12.1 Å². The van der Waals surface area contributed by atoms with Crippen LogP contribution in [0.25, 0.3) is 10.9 Å². The average Bonchev–Trinajstić information content (AvgIpc) is 3.56. The number of aromatic nitrogens is 1. The molecule has 2 N–H and O–H groups in total. The minimum atomic E-state index is -0.615. The van der Waals surface area contributed by atoms with E-state index in [4.69, 9.17) is 9.47 Å². The number of nitrogens with one attached hydrogen (secondary N) is 2. The van der Waals surface area contributed by atoms with E-state index in [-0.39, 0.29) is 37.0 Å². The van der Waals surface area contributed by atoms with Gasteiger partial charge in [-0.15, -0.1) is 0 Å². The van der Waals surface area contributed by atoms with Crippen LogP contribution in [0.1, 0.15) is 86.1 Å². The van der Waals surface area contributed by atoms with Gasteiger partial charge in [0.25, 0.3) is 0 Å². The third kappa shape index (κ3) is 10.1. The van der Waals surface area contributed by atoms with Gasteiger partial charge in [0.2, 0.25) is 0 Å². The van der Waals surface area contributed by atoms with Crippen LogP contribution < -0.4 is 5.32 Å². The van der Waals surface area contributed by atoms with E-state index in [2.05, 4.69) is 16.9 Å². The number of nitrogens with zero attached hydrogens (tertiary/aromatic N) is 1. The van der Waals surface area contributed by atoms with Crippen LogP contribution in [0.15, 0.2) is 48.7 Å². The molecular formula is C31H48FN3O4. The van der Waals surface area contributed by atoms with Crippen molar-refractivity contribution in [1.29, 1.82) is 0 Å². The number of hydrogen-bond donors (Lipinski definition) is 2. The number of fused-ring (bicyclic) bond motifs is 1. The number of carbonyl (C=O) groups excluding carboxylic acids is 2. The minimum Gasteiger partial charge on any atom is -0.445 e. The van der Waals surface area contributed by atoms with Crippen LogP contribution in [-0.4, -0.2) is 53.4 Å². The number of benzene rings is 1. The number of ether oxygens (including phenoxy) is 2. The zero-order chi connectivity index (χ0) is 29.6. The van der Waals surface area contributed by atoms with Gasteiger partial charge in [-0.25, -0.2) is 14.0 Å². The molecule has 218 valence electrons. The summed E-state index contributed by atoms with van der Waals surface area (Å²) >= 11 is 0. The third-order valence-electron chi connectivity index (χ3n) is 6.13. The molecule has 0 saturated carbocycles. The second kappa shape index (κ2) is 16.6. The summed E-state index contributed by atoms with van der Waals surface area (Å²) in [5.41, 5.74) is 1.91. The third-order valence-corrected chi connectivity index (χ3v) is 6.13. The number of aromatic amines is 1. The summed E-state index contributed by atoms with van der Waals surface area (Å²) in [7, 11) is 0. The monoisotopic (exact) mass is 545 g/mol. The highest BCUT2D eigenvalue weighted by Gasteiger charge is 2.38. The Kier molecular flexibility index (Phi) is 14.4. The number of H-pyrrole nitrogens is 1. The summed E-state index contributed by atoms with van der Waals surface area (Å²) in [5.74, 6) is -0.578. The van der Waals surface area contributed by atoms with Gasteiger partial charge in [0.15, 0.2) is 0 Å². The smallest absolute Gasteiger partial charge is 0.410 e. The molecule has 1 aromatic heterocycles. The fourth-order valence-electron chi connectivity index (χ4n) is 4.48. The quantitative estimate of drug-likeness (QED) is 0.328. The molecule has 8 heteroatoms. The van der Waals surface area contributed by atoms with E-state index < -0.39 is 11.7 Å². The highest BCUT2D eigenvalue weighted by molar-refractivity contribution is 5.84. The van der Waals surface area contributed by atoms with E-state index in [1.807, 2.05) is 67.7 Å². The van der Waals surface area contributed by atoms with Crippen LogP contribution in [0, 0.1) is 5.82 Å². The van der Waals surface area contributed by atoms with Gasteiger partial charge < -0.3 is 24.7 Å². The van der Waals surface area contributed by atoms with Crippen molar-refractivity contribution in [2.45, 2.75) is 92.2 Å². The number of allylic oxidation sites excluding steroid dienone is 2. The fourth-order valence-corrected chi connectivity index (χ4v) is 4.48. The van der Waals surface area contributed by atoms with E-state index in [0.717, 1.165) is 35.8 Å². The second-order valence-electron chi connectivity index (χ2n) is 9.79. The molecule has 0 radical (unpaired) electrons. The highest BCUT2D eigenvalue weighted by atomic mass is 19.1. The summed E-state index contributed by atoms with van der Waals surface area (Å²) in [6.45, 7) is 20.2. The highest BCUT2D eigenvalue weighted by Crippen LogP contribution is 2.35. The number of rotatable bonds is 8. The first-order chi connectivity index (χ1) is 18.6. The molecule has 39 heavy (non-hydrogen) atoms. The average molecular weight is 546 g/mol. The first-order valence-corrected chi connectivity index (χ1v) is 14.1. The number of halogens is 1. The summed E-state index contributed by atoms with van der Waals surface area (Å²) in [6, 6.07) is 4.39. The van der Waals surface area contributed by atoms with Crippen molar-refractivity contribution in [3.05, 3.63) is 60.1 Å². The lowest BCUT2D eigenvalue weighted by atomic mass is 9.89. The van der Waals surface area contributed by atoms with Gasteiger partial charge >= 0.3 is 12.2 Å². The lowest BCUT2D eigenvalue weighted by molar-refractivity contribution is 0.0206. The molecule has 1 fully saturated rings. The van der Waals surface area contributed by atoms with Crippen LogP contribution in [0.5, 0.6) is 0 Å². The number of hydrogen-bond acceptors (Lipinski definition) is 4. The van der Waals surface area contributed by atoms with Crippen LogP contribution in [-0.2, 0) is 9.47 Å². The normalized spacial score (nSPS) is 15.9. The topological polar surface area (TPSA) is 83.7 Å². The number of likely N-dealkylation sites (tertiary alicyclic amines) is 1. The van der Waals surface area contributed by atoms with Crippen molar-refractivity contribution in [1.82, 2.24) is 15.2 Å². The molecule has 1 aromatic carbocycles. The van der Waals surface area contributed by atoms with Crippen LogP contribution in [0.2, 0.25) is 0 Å². The number of carbonyl (C=O) groups is 2. The molecule has 7 nitrogen and oxygen atoms in total. The Balaban J connectivity index is 0.00000181. The molecule has 2 aromatic rings. The Morgan fingerprint density at radius 3 is 2.56 bits per heavy atom. The van der Waals surface area contributed by atoms with Gasteiger partial charge in [-0.1, -0.05) is 53.3 Å².